The van der Waals surface area contributed by atoms with Crippen LogP contribution in [-0.4, -0.2) is 6.85 Å². The molecule has 0 radical (unpaired) electrons. The van der Waals surface area contributed by atoms with Gasteiger partial charge in [-0.05, 0) is 190 Å². The number of hydrogen-bond donors (Lipinski definition) is 0. The summed E-state index contributed by atoms with van der Waals surface area (Å²) in [6, 6.07) is 97.5. The molecule has 1 aliphatic carbocycles. The van der Waals surface area contributed by atoms with Gasteiger partial charge in [-0.25, -0.2) is 0 Å². The zero-order valence-electron chi connectivity index (χ0n) is 60.2. The van der Waals surface area contributed by atoms with Crippen molar-refractivity contribution in [1.82, 2.24) is 0 Å². The Morgan fingerprint density at radius 1 is 0.410 bits per heavy atom. The number of benzene rings is 12. The van der Waals surface area contributed by atoms with Crippen molar-refractivity contribution in [3.05, 3.63) is 294 Å². The van der Waals surface area contributed by atoms with Crippen molar-refractivity contribution in [3.63, 3.8) is 0 Å². The van der Waals surface area contributed by atoms with Gasteiger partial charge in [-0.15, -0.1) is 11.3 Å². The third kappa shape index (κ3) is 10.4. The minimum atomic E-state index is -0.366. The topological polar surface area (TPSA) is 22.9 Å². The lowest BCUT2D eigenvalue weighted by Crippen LogP contribution is -2.62. The molecular weight excluding hydrogens is 1230 g/mol. The lowest BCUT2D eigenvalue weighted by atomic mass is 9.43. The molecule has 4 nitrogen and oxygen atoms in total. The van der Waals surface area contributed by atoms with Crippen molar-refractivity contribution in [3.8, 4) is 54.9 Å². The minimum absolute atomic E-state index is 0.0127. The zero-order chi connectivity index (χ0) is 69.1. The predicted octanol–water partition coefficient (Wildman–Crippen LogP) is 25.3. The monoisotopic (exact) mass is 1320 g/mol. The first kappa shape index (κ1) is 63.3. The molecule has 2 aromatic heterocycles. The Bertz CT molecular complexity index is 5500. The third-order valence-electron chi connectivity index (χ3n) is 22.0. The van der Waals surface area contributed by atoms with E-state index in [0.717, 1.165) is 55.8 Å². The van der Waals surface area contributed by atoms with E-state index in [2.05, 4.69) is 366 Å². The Labute approximate surface area is 595 Å². The van der Waals surface area contributed by atoms with Crippen LogP contribution in [0.15, 0.2) is 259 Å². The molecule has 4 heterocycles. The highest BCUT2D eigenvalue weighted by atomic mass is 32.1. The van der Waals surface area contributed by atoms with Gasteiger partial charge in [0, 0.05) is 94.2 Å². The highest BCUT2D eigenvalue weighted by molar-refractivity contribution is 7.23. The van der Waals surface area contributed by atoms with E-state index >= 15 is 0 Å². The van der Waals surface area contributed by atoms with E-state index < -0.39 is 0 Å². The number of para-hydroxylation sites is 1. The summed E-state index contributed by atoms with van der Waals surface area (Å²) in [5.41, 5.74) is 32.0. The van der Waals surface area contributed by atoms with Crippen LogP contribution in [0.3, 0.4) is 0 Å². The largest absolute Gasteiger partial charge is 0.455 e. The van der Waals surface area contributed by atoms with Crippen LogP contribution in [0.5, 0.6) is 0 Å². The Morgan fingerprint density at radius 2 is 0.940 bits per heavy atom. The number of thiophene rings is 1. The number of fused-ring (bicyclic) bond motifs is 12. The van der Waals surface area contributed by atoms with E-state index in [9.17, 15) is 0 Å². The molecule has 2 aliphatic heterocycles. The average Bonchev–Trinajstić information content (AvgIpc) is 1.26. The molecule has 12 aromatic carbocycles. The molecule has 6 heteroatoms. The molecule has 0 saturated carbocycles. The minimum Gasteiger partial charge on any atom is -0.455 e. The molecule has 14 aromatic rings. The lowest BCUT2D eigenvalue weighted by Gasteiger charge is -2.46. The molecule has 0 spiro atoms. The smallest absolute Gasteiger partial charge is 0.333 e. The van der Waals surface area contributed by atoms with Crippen molar-refractivity contribution in [2.24, 2.45) is 0 Å². The van der Waals surface area contributed by atoms with Gasteiger partial charge in [-0.3, -0.25) is 0 Å². The maximum absolute atomic E-state index is 7.52. The number of rotatable bonds is 9. The fourth-order valence-electron chi connectivity index (χ4n) is 16.4. The van der Waals surface area contributed by atoms with Gasteiger partial charge in [-0.2, -0.15) is 0 Å². The van der Waals surface area contributed by atoms with E-state index in [4.69, 9.17) is 4.42 Å². The van der Waals surface area contributed by atoms with E-state index in [-0.39, 0.29) is 33.9 Å². The van der Waals surface area contributed by atoms with Crippen LogP contribution >= 0.6 is 11.3 Å². The van der Waals surface area contributed by atoms with Crippen LogP contribution in [0.25, 0.3) is 87.0 Å². The Kier molecular flexibility index (Phi) is 14.5. The summed E-state index contributed by atoms with van der Waals surface area (Å²) in [5.74, 6) is 0. The van der Waals surface area contributed by atoms with Gasteiger partial charge in [0.05, 0.1) is 0 Å². The zero-order valence-corrected chi connectivity index (χ0v) is 61.0. The summed E-state index contributed by atoms with van der Waals surface area (Å²) < 4.78 is 8.77. The van der Waals surface area contributed by atoms with Crippen LogP contribution < -0.4 is 25.5 Å². The standard InChI is InChI=1S/C94H86BN3OS/c1-90(2,3)62-36-42-66(43-37-62)97(67-44-38-63(39-45-67)91(4,5)6)69-48-49-77-72(51-69)73-52-75-80(55-78(73)94(77,13)14)98(68-46-40-64(41-47-68)92(7,8)9)95-79-56-84-76(85(59-28-20-16-21-29-59)89(100-84)60-30-22-17-23-31-60)54-81(79)96(82-53-74-70-32-24-25-33-83(70)99-88(74)86(75)87(82)95)57-61-34-35-65(93(10,11)12)50-71(61)58-26-18-15-19-27-58/h15-56H,57H2,1-14H3. The molecular formula is C94H86BN3OS. The molecule has 0 fully saturated rings. The molecule has 0 saturated heterocycles. The molecule has 0 atom stereocenters. The molecule has 0 unspecified atom stereocenters. The fourth-order valence-corrected chi connectivity index (χ4v) is 17.7. The van der Waals surface area contributed by atoms with Gasteiger partial charge >= 0.3 is 6.85 Å². The second-order valence-corrected chi connectivity index (χ2v) is 34.0. The van der Waals surface area contributed by atoms with Gasteiger partial charge < -0.3 is 19.0 Å². The summed E-state index contributed by atoms with van der Waals surface area (Å²) in [6.45, 7) is 33.0. The van der Waals surface area contributed by atoms with E-state index in [1.165, 1.54) is 121 Å². The maximum Gasteiger partial charge on any atom is 0.333 e. The molecule has 17 rings (SSSR count). The van der Waals surface area contributed by atoms with Crippen molar-refractivity contribution in [1.29, 1.82) is 0 Å². The highest BCUT2D eigenvalue weighted by Gasteiger charge is 2.49. The summed E-state index contributed by atoms with van der Waals surface area (Å²) in [7, 11) is 0. The van der Waals surface area contributed by atoms with E-state index in [1.54, 1.807) is 0 Å². The van der Waals surface area contributed by atoms with Gasteiger partial charge in [-0.1, -0.05) is 267 Å². The van der Waals surface area contributed by atoms with Crippen molar-refractivity contribution >= 4 is 101 Å². The highest BCUT2D eigenvalue weighted by Crippen LogP contribution is 2.58. The lowest BCUT2D eigenvalue weighted by molar-refractivity contribution is 0.590. The normalized spacial score (nSPS) is 14.0. The van der Waals surface area contributed by atoms with Crippen LogP contribution in [0.4, 0.5) is 39.8 Å². The van der Waals surface area contributed by atoms with Gasteiger partial charge in [0.15, 0.2) is 0 Å². The molecule has 100 heavy (non-hydrogen) atoms. The molecule has 0 amide bonds. The number of nitrogens with zero attached hydrogens (tertiary/aromatic N) is 3. The number of anilines is 7. The third-order valence-corrected chi connectivity index (χ3v) is 23.2. The maximum atomic E-state index is 7.52. The van der Waals surface area contributed by atoms with Crippen LogP contribution in [0.2, 0.25) is 0 Å². The Balaban J connectivity index is 0.970. The average molecular weight is 1320 g/mol. The molecule has 3 aliphatic rings. The summed E-state index contributed by atoms with van der Waals surface area (Å²) in [4.78, 5) is 9.17. The second kappa shape index (κ2) is 23.0. The van der Waals surface area contributed by atoms with Crippen molar-refractivity contribution < 1.29 is 4.42 Å². The number of furan rings is 1. The van der Waals surface area contributed by atoms with Crippen LogP contribution in [0.1, 0.15) is 136 Å². The molecule has 0 N–H and O–H groups in total. The fraction of sp³-hybridized carbons (Fsp3) is 0.213. The van der Waals surface area contributed by atoms with Crippen LogP contribution in [-0.2, 0) is 33.6 Å². The SMILES string of the molecule is CC(C)(C)c1ccc(N2B3c4cc5sc(-c6ccccc6)c(-c6ccccc6)c5cc4N(Cc4ccc(C(C)(C)C)cc4-c4ccccc4)c4cc5c(oc6ccccc65)c(c43)-c3cc4c(cc32)C(C)(C)c2ccc(N(c3ccc(C(C)(C)C)cc3)c3ccc(C(C)(C)C)cc3)cc2-4)cc1. The second-order valence-electron chi connectivity index (χ2n) is 32.9. The molecule has 0 bridgehead atoms. The molecule has 492 valence electrons. The predicted molar refractivity (Wildman–Crippen MR) is 430 cm³/mol. The van der Waals surface area contributed by atoms with Gasteiger partial charge in [0.25, 0.3) is 0 Å². The number of hydrogen-bond acceptors (Lipinski definition) is 5. The van der Waals surface area contributed by atoms with Gasteiger partial charge in [0.2, 0.25) is 0 Å². The first-order chi connectivity index (χ1) is 47.9. The first-order valence-electron chi connectivity index (χ1n) is 35.8. The van der Waals surface area contributed by atoms with Crippen molar-refractivity contribution in [2.45, 2.75) is 131 Å². The quantitative estimate of drug-likeness (QED) is 0.134. The van der Waals surface area contributed by atoms with Gasteiger partial charge in [0.1, 0.15) is 11.2 Å². The van der Waals surface area contributed by atoms with E-state index in [1.807, 2.05) is 11.3 Å². The summed E-state index contributed by atoms with van der Waals surface area (Å²) >= 11 is 1.92. The van der Waals surface area contributed by atoms with Crippen LogP contribution in [0, 0.1) is 0 Å². The summed E-state index contributed by atoms with van der Waals surface area (Å²) in [6.07, 6.45) is 0. The summed E-state index contributed by atoms with van der Waals surface area (Å²) in [5, 5.41) is 3.47. The Morgan fingerprint density at radius 3 is 1.55 bits per heavy atom. The first-order valence-corrected chi connectivity index (χ1v) is 36.6. The van der Waals surface area contributed by atoms with Crippen molar-refractivity contribution in [2.75, 3.05) is 14.6 Å². The van der Waals surface area contributed by atoms with E-state index in [0.29, 0.717) is 6.54 Å². The Hall–Kier alpha value is -10.1.